The predicted molar refractivity (Wildman–Crippen MR) is 66.6 cm³/mol. The van der Waals surface area contributed by atoms with Crippen LogP contribution in [0.25, 0.3) is 0 Å². The van der Waals surface area contributed by atoms with E-state index in [1.807, 2.05) is 24.3 Å². The second-order valence-corrected chi connectivity index (χ2v) is 5.55. The summed E-state index contributed by atoms with van der Waals surface area (Å²) < 4.78 is 0. The quantitative estimate of drug-likeness (QED) is 0.832. The molecule has 2 nitrogen and oxygen atoms in total. The van der Waals surface area contributed by atoms with Crippen molar-refractivity contribution in [2.75, 3.05) is 0 Å². The number of rotatable bonds is 2. The van der Waals surface area contributed by atoms with Crippen molar-refractivity contribution in [1.82, 2.24) is 5.32 Å². The summed E-state index contributed by atoms with van der Waals surface area (Å²) in [5.74, 6) is 0. The molecule has 1 saturated heterocycles. The van der Waals surface area contributed by atoms with Gasteiger partial charge in [-0.3, -0.25) is 0 Å². The van der Waals surface area contributed by atoms with Crippen molar-refractivity contribution in [3.05, 3.63) is 34.9 Å². The summed E-state index contributed by atoms with van der Waals surface area (Å²) in [5.41, 5.74) is 0.937. The van der Waals surface area contributed by atoms with Crippen LogP contribution in [0.15, 0.2) is 24.3 Å². The molecule has 0 spiro atoms. The maximum absolute atomic E-state index is 10.3. The van der Waals surface area contributed by atoms with Crippen LogP contribution in [0.4, 0.5) is 0 Å². The molecule has 0 bridgehead atoms. The van der Waals surface area contributed by atoms with Crippen LogP contribution >= 0.6 is 11.6 Å². The Morgan fingerprint density at radius 2 is 2.12 bits per heavy atom. The molecule has 1 unspecified atom stereocenters. The highest BCUT2D eigenvalue weighted by molar-refractivity contribution is 6.31. The van der Waals surface area contributed by atoms with Gasteiger partial charge in [-0.05, 0) is 32.8 Å². The molecule has 0 radical (unpaired) electrons. The molecule has 2 N–H and O–H groups in total. The first-order chi connectivity index (χ1) is 7.49. The Morgan fingerprint density at radius 1 is 1.44 bits per heavy atom. The zero-order valence-corrected chi connectivity index (χ0v) is 10.5. The predicted octanol–water partition coefficient (Wildman–Crippen LogP) is 2.90. The van der Waals surface area contributed by atoms with Crippen LogP contribution in [0.2, 0.25) is 5.02 Å². The molecule has 16 heavy (non-hydrogen) atoms. The average Bonchev–Trinajstić information content (AvgIpc) is 2.59. The lowest BCUT2D eigenvalue weighted by molar-refractivity contribution is 0.132. The minimum Gasteiger partial charge on any atom is -0.387 e. The standard InChI is InChI=1S/C13H18ClNO/c1-13(2)8-7-11(15-13)12(16)9-5-3-4-6-10(9)14/h3-6,11-12,15-16H,7-8H2,1-2H3/t11-,12?/m1/s1. The van der Waals surface area contributed by atoms with Gasteiger partial charge in [0.15, 0.2) is 0 Å². The van der Waals surface area contributed by atoms with Gasteiger partial charge in [-0.1, -0.05) is 29.8 Å². The van der Waals surface area contributed by atoms with Gasteiger partial charge in [0.1, 0.15) is 0 Å². The molecule has 0 saturated carbocycles. The summed E-state index contributed by atoms with van der Waals surface area (Å²) >= 11 is 6.08. The zero-order chi connectivity index (χ0) is 11.8. The van der Waals surface area contributed by atoms with Crippen LogP contribution in [0.3, 0.4) is 0 Å². The second kappa shape index (κ2) is 4.36. The number of hydrogen-bond acceptors (Lipinski definition) is 2. The van der Waals surface area contributed by atoms with Crippen molar-refractivity contribution in [2.24, 2.45) is 0 Å². The fourth-order valence-corrected chi connectivity index (χ4v) is 2.58. The fourth-order valence-electron chi connectivity index (χ4n) is 2.33. The molecule has 88 valence electrons. The summed E-state index contributed by atoms with van der Waals surface area (Å²) in [6.45, 7) is 4.32. The van der Waals surface area contributed by atoms with Gasteiger partial charge in [0.05, 0.1) is 6.10 Å². The lowest BCUT2D eigenvalue weighted by atomic mass is 10.00. The van der Waals surface area contributed by atoms with Gasteiger partial charge in [0.25, 0.3) is 0 Å². The van der Waals surface area contributed by atoms with E-state index < -0.39 is 6.10 Å². The topological polar surface area (TPSA) is 32.3 Å². The van der Waals surface area contributed by atoms with E-state index in [2.05, 4.69) is 19.2 Å². The molecule has 1 aliphatic heterocycles. The molecule has 1 aromatic rings. The number of benzene rings is 1. The number of nitrogens with one attached hydrogen (secondary N) is 1. The third kappa shape index (κ3) is 2.40. The van der Waals surface area contributed by atoms with E-state index in [9.17, 15) is 5.11 Å². The third-order valence-corrected chi connectivity index (χ3v) is 3.61. The van der Waals surface area contributed by atoms with Crippen LogP contribution in [0.5, 0.6) is 0 Å². The first-order valence-electron chi connectivity index (χ1n) is 5.70. The molecular formula is C13H18ClNO. The van der Waals surface area contributed by atoms with Gasteiger partial charge >= 0.3 is 0 Å². The van der Waals surface area contributed by atoms with Crippen molar-refractivity contribution < 1.29 is 5.11 Å². The van der Waals surface area contributed by atoms with Crippen molar-refractivity contribution >= 4 is 11.6 Å². The number of hydrogen-bond donors (Lipinski definition) is 2. The highest BCUT2D eigenvalue weighted by atomic mass is 35.5. The number of aliphatic hydroxyl groups is 1. The molecule has 0 aliphatic carbocycles. The summed E-state index contributed by atoms with van der Waals surface area (Å²) in [6, 6.07) is 7.60. The van der Waals surface area contributed by atoms with Crippen LogP contribution in [-0.2, 0) is 0 Å². The van der Waals surface area contributed by atoms with Crippen molar-refractivity contribution in [3.8, 4) is 0 Å². The van der Waals surface area contributed by atoms with Gasteiger partial charge in [-0.2, -0.15) is 0 Å². The molecule has 0 aromatic heterocycles. The van der Waals surface area contributed by atoms with Crippen molar-refractivity contribution in [2.45, 2.75) is 44.4 Å². The monoisotopic (exact) mass is 239 g/mol. The maximum Gasteiger partial charge on any atom is 0.0957 e. The van der Waals surface area contributed by atoms with Crippen molar-refractivity contribution in [3.63, 3.8) is 0 Å². The SMILES string of the molecule is CC1(C)CC[C@H](C(O)c2ccccc2Cl)N1. The molecule has 1 aromatic carbocycles. The van der Waals surface area contributed by atoms with E-state index in [-0.39, 0.29) is 11.6 Å². The van der Waals surface area contributed by atoms with Gasteiger partial charge in [0.2, 0.25) is 0 Å². The van der Waals surface area contributed by atoms with E-state index in [0.717, 1.165) is 18.4 Å². The van der Waals surface area contributed by atoms with Crippen LogP contribution in [-0.4, -0.2) is 16.7 Å². The van der Waals surface area contributed by atoms with Gasteiger partial charge in [0, 0.05) is 22.2 Å². The minimum atomic E-state index is -0.518. The van der Waals surface area contributed by atoms with Crippen LogP contribution in [0, 0.1) is 0 Å². The molecule has 0 amide bonds. The van der Waals surface area contributed by atoms with E-state index in [1.165, 1.54) is 0 Å². The molecule has 1 fully saturated rings. The second-order valence-electron chi connectivity index (χ2n) is 5.14. The molecule has 2 rings (SSSR count). The average molecular weight is 240 g/mol. The van der Waals surface area contributed by atoms with E-state index in [1.54, 1.807) is 0 Å². The highest BCUT2D eigenvalue weighted by Gasteiger charge is 2.34. The Hall–Kier alpha value is -0.570. The Labute approximate surface area is 102 Å². The Balaban J connectivity index is 2.15. The third-order valence-electron chi connectivity index (χ3n) is 3.26. The molecule has 3 heteroatoms. The van der Waals surface area contributed by atoms with Crippen LogP contribution < -0.4 is 5.32 Å². The lowest BCUT2D eigenvalue weighted by Gasteiger charge is -2.24. The smallest absolute Gasteiger partial charge is 0.0957 e. The van der Waals surface area contributed by atoms with Crippen LogP contribution in [0.1, 0.15) is 38.4 Å². The zero-order valence-electron chi connectivity index (χ0n) is 9.70. The molecule has 1 heterocycles. The summed E-state index contributed by atoms with van der Waals surface area (Å²) in [7, 11) is 0. The lowest BCUT2D eigenvalue weighted by Crippen LogP contribution is -2.40. The minimum absolute atomic E-state index is 0.106. The van der Waals surface area contributed by atoms with Gasteiger partial charge in [-0.25, -0.2) is 0 Å². The Bertz CT molecular complexity index is 378. The first kappa shape index (κ1) is 11.9. The van der Waals surface area contributed by atoms with Crippen molar-refractivity contribution in [1.29, 1.82) is 0 Å². The Morgan fingerprint density at radius 3 is 2.69 bits per heavy atom. The normalized spacial score (nSPS) is 25.6. The van der Waals surface area contributed by atoms with Gasteiger partial charge < -0.3 is 10.4 Å². The summed E-state index contributed by atoms with van der Waals surface area (Å²) in [5, 5.41) is 14.4. The highest BCUT2D eigenvalue weighted by Crippen LogP contribution is 2.32. The maximum atomic E-state index is 10.3. The number of aliphatic hydroxyl groups excluding tert-OH is 1. The first-order valence-corrected chi connectivity index (χ1v) is 6.07. The summed E-state index contributed by atoms with van der Waals surface area (Å²) in [6.07, 6.45) is 1.55. The van der Waals surface area contributed by atoms with E-state index in [0.29, 0.717) is 5.02 Å². The Kier molecular flexibility index (Phi) is 3.24. The molecule has 1 aliphatic rings. The van der Waals surface area contributed by atoms with E-state index in [4.69, 9.17) is 11.6 Å². The summed E-state index contributed by atoms with van der Waals surface area (Å²) in [4.78, 5) is 0. The molecular weight excluding hydrogens is 222 g/mol. The largest absolute Gasteiger partial charge is 0.387 e. The molecule has 2 atom stereocenters. The van der Waals surface area contributed by atoms with E-state index >= 15 is 0 Å². The number of halogens is 1. The van der Waals surface area contributed by atoms with Gasteiger partial charge in [-0.15, -0.1) is 0 Å². The fraction of sp³-hybridized carbons (Fsp3) is 0.538.